The van der Waals surface area contributed by atoms with Crippen LogP contribution in [-0.4, -0.2) is 45.0 Å². The highest BCUT2D eigenvalue weighted by Gasteiger charge is 2.43. The van der Waals surface area contributed by atoms with Crippen molar-refractivity contribution in [2.24, 2.45) is 7.05 Å². The van der Waals surface area contributed by atoms with Gasteiger partial charge >= 0.3 is 0 Å². The number of aromatic nitrogens is 3. The maximum Gasteiger partial charge on any atom is 0.0713 e. The van der Waals surface area contributed by atoms with Crippen LogP contribution in [0.1, 0.15) is 36.3 Å². The third-order valence-electron chi connectivity index (χ3n) is 5.30. The number of likely N-dealkylation sites (tertiary alicyclic amines) is 1. The Balaban J connectivity index is 1.34. The zero-order valence-corrected chi connectivity index (χ0v) is 13.7. The van der Waals surface area contributed by atoms with E-state index in [2.05, 4.69) is 27.2 Å². The molecule has 0 saturated carbocycles. The Labute approximate surface area is 137 Å². The van der Waals surface area contributed by atoms with Gasteiger partial charge in [0.1, 0.15) is 0 Å². The molecular weight excluding hydrogens is 288 g/mol. The van der Waals surface area contributed by atoms with Crippen molar-refractivity contribution in [1.82, 2.24) is 19.7 Å². The lowest BCUT2D eigenvalue weighted by Gasteiger charge is -2.38. The van der Waals surface area contributed by atoms with Crippen LogP contribution in [0.2, 0.25) is 0 Å². The van der Waals surface area contributed by atoms with Crippen LogP contribution in [-0.2, 0) is 18.3 Å². The molecule has 2 saturated heterocycles. The van der Waals surface area contributed by atoms with Gasteiger partial charge in [0.2, 0.25) is 0 Å². The molecule has 2 aromatic heterocycles. The first kappa shape index (κ1) is 14.8. The van der Waals surface area contributed by atoms with Crippen LogP contribution in [0.3, 0.4) is 0 Å². The van der Waals surface area contributed by atoms with Gasteiger partial charge in [-0.25, -0.2) is 0 Å². The topological polar surface area (TPSA) is 43.2 Å². The van der Waals surface area contributed by atoms with Gasteiger partial charge in [0.25, 0.3) is 0 Å². The summed E-state index contributed by atoms with van der Waals surface area (Å²) in [5.74, 6) is 0.508. The van der Waals surface area contributed by atoms with Crippen molar-refractivity contribution in [2.75, 3.05) is 19.7 Å². The summed E-state index contributed by atoms with van der Waals surface area (Å²) in [5.41, 5.74) is 2.71. The van der Waals surface area contributed by atoms with Gasteiger partial charge < -0.3 is 4.74 Å². The number of hydrogen-bond acceptors (Lipinski definition) is 4. The van der Waals surface area contributed by atoms with E-state index in [9.17, 15) is 0 Å². The number of nitrogens with zero attached hydrogens (tertiary/aromatic N) is 4. The van der Waals surface area contributed by atoms with Gasteiger partial charge in [-0.05, 0) is 30.9 Å². The minimum atomic E-state index is 0.0892. The summed E-state index contributed by atoms with van der Waals surface area (Å²) in [4.78, 5) is 6.77. The van der Waals surface area contributed by atoms with Gasteiger partial charge in [0.05, 0.1) is 18.4 Å². The Morgan fingerprint density at radius 3 is 2.87 bits per heavy atom. The lowest BCUT2D eigenvalue weighted by atomic mass is 9.83. The third-order valence-corrected chi connectivity index (χ3v) is 5.30. The summed E-state index contributed by atoms with van der Waals surface area (Å²) in [6.45, 7) is 4.05. The quantitative estimate of drug-likeness (QED) is 0.872. The van der Waals surface area contributed by atoms with E-state index in [0.717, 1.165) is 45.5 Å². The molecule has 5 heteroatoms. The Bertz CT molecular complexity index is 646. The molecule has 0 radical (unpaired) electrons. The molecule has 122 valence electrons. The predicted octanol–water partition coefficient (Wildman–Crippen LogP) is 2.35. The monoisotopic (exact) mass is 312 g/mol. The minimum absolute atomic E-state index is 0.0892. The minimum Gasteiger partial charge on any atom is -0.374 e. The summed E-state index contributed by atoms with van der Waals surface area (Å²) < 4.78 is 8.15. The van der Waals surface area contributed by atoms with Crippen molar-refractivity contribution in [3.8, 4) is 0 Å². The molecule has 0 amide bonds. The Kier molecular flexibility index (Phi) is 3.91. The zero-order chi connectivity index (χ0) is 15.7. The smallest absolute Gasteiger partial charge is 0.0713 e. The normalized spacial score (nSPS) is 24.3. The molecule has 1 spiro atoms. The van der Waals surface area contributed by atoms with Crippen molar-refractivity contribution in [3.05, 3.63) is 48.0 Å². The molecule has 0 N–H and O–H groups in total. The van der Waals surface area contributed by atoms with Crippen LogP contribution in [0.25, 0.3) is 0 Å². The average Bonchev–Trinajstić information content (AvgIpc) is 3.18. The number of rotatable bonds is 3. The van der Waals surface area contributed by atoms with Crippen molar-refractivity contribution in [1.29, 1.82) is 0 Å². The van der Waals surface area contributed by atoms with Crippen LogP contribution in [0, 0.1) is 0 Å². The summed E-state index contributed by atoms with van der Waals surface area (Å²) >= 11 is 0. The molecule has 0 aromatic carbocycles. The van der Waals surface area contributed by atoms with E-state index >= 15 is 0 Å². The van der Waals surface area contributed by atoms with Crippen molar-refractivity contribution >= 4 is 0 Å². The molecule has 23 heavy (non-hydrogen) atoms. The molecule has 5 nitrogen and oxygen atoms in total. The zero-order valence-electron chi connectivity index (χ0n) is 13.7. The fourth-order valence-electron chi connectivity index (χ4n) is 3.95. The molecular formula is C18H24N4O. The second-order valence-corrected chi connectivity index (χ2v) is 6.98. The van der Waals surface area contributed by atoms with Gasteiger partial charge in [0.15, 0.2) is 0 Å². The molecule has 4 rings (SSSR count). The molecule has 0 bridgehead atoms. The summed E-state index contributed by atoms with van der Waals surface area (Å²) in [6, 6.07) is 4.20. The van der Waals surface area contributed by atoms with Crippen molar-refractivity contribution in [3.63, 3.8) is 0 Å². The summed E-state index contributed by atoms with van der Waals surface area (Å²) in [5, 5.41) is 4.26. The lowest BCUT2D eigenvalue weighted by Crippen LogP contribution is -2.43. The molecule has 4 heterocycles. The molecule has 0 aliphatic carbocycles. The Morgan fingerprint density at radius 2 is 2.17 bits per heavy atom. The maximum absolute atomic E-state index is 6.28. The number of piperidine rings is 1. The maximum atomic E-state index is 6.28. The molecule has 1 atom stereocenters. The van der Waals surface area contributed by atoms with E-state index in [1.165, 1.54) is 11.1 Å². The van der Waals surface area contributed by atoms with Gasteiger partial charge in [-0.2, -0.15) is 5.10 Å². The number of hydrogen-bond donors (Lipinski definition) is 0. The molecule has 2 aromatic rings. The van der Waals surface area contributed by atoms with E-state index < -0.39 is 0 Å². The first-order valence-electron chi connectivity index (χ1n) is 8.46. The first-order chi connectivity index (χ1) is 11.2. The highest BCUT2D eigenvalue weighted by molar-refractivity contribution is 5.18. The predicted molar refractivity (Wildman–Crippen MR) is 88.0 cm³/mol. The molecule has 2 fully saturated rings. The second-order valence-electron chi connectivity index (χ2n) is 6.98. The highest BCUT2D eigenvalue weighted by atomic mass is 16.5. The fraction of sp³-hybridized carbons (Fsp3) is 0.556. The molecule has 2 aliphatic rings. The van der Waals surface area contributed by atoms with Crippen LogP contribution in [0.4, 0.5) is 0 Å². The Morgan fingerprint density at radius 1 is 1.30 bits per heavy atom. The van der Waals surface area contributed by atoms with E-state index in [1.807, 2.05) is 36.4 Å². The first-order valence-corrected chi connectivity index (χ1v) is 8.46. The van der Waals surface area contributed by atoms with Gasteiger partial charge in [-0.15, -0.1) is 0 Å². The van der Waals surface area contributed by atoms with Crippen LogP contribution >= 0.6 is 0 Å². The van der Waals surface area contributed by atoms with Gasteiger partial charge in [-0.1, -0.05) is 6.07 Å². The third kappa shape index (κ3) is 3.16. The van der Waals surface area contributed by atoms with E-state index in [4.69, 9.17) is 4.74 Å². The lowest BCUT2D eigenvalue weighted by molar-refractivity contribution is -0.0448. The van der Waals surface area contributed by atoms with E-state index in [-0.39, 0.29) is 5.60 Å². The average molecular weight is 312 g/mol. The number of aryl methyl sites for hydroxylation is 1. The fourth-order valence-corrected chi connectivity index (χ4v) is 3.95. The van der Waals surface area contributed by atoms with Crippen LogP contribution in [0.5, 0.6) is 0 Å². The van der Waals surface area contributed by atoms with E-state index in [1.54, 1.807) is 0 Å². The number of pyridine rings is 1. The largest absolute Gasteiger partial charge is 0.374 e. The second kappa shape index (κ2) is 6.06. The molecule has 0 unspecified atom stereocenters. The van der Waals surface area contributed by atoms with E-state index in [0.29, 0.717) is 5.92 Å². The SMILES string of the molecule is Cn1cc(CN2CCC3(CC2)C[C@H](c2cccnc2)CO3)cn1. The number of ether oxygens (including phenoxy) is 1. The van der Waals surface area contributed by atoms with Crippen molar-refractivity contribution < 1.29 is 4.74 Å². The summed E-state index contributed by atoms with van der Waals surface area (Å²) in [6.07, 6.45) is 11.3. The van der Waals surface area contributed by atoms with Crippen LogP contribution in [0.15, 0.2) is 36.9 Å². The van der Waals surface area contributed by atoms with Crippen LogP contribution < -0.4 is 0 Å². The van der Waals surface area contributed by atoms with Crippen molar-refractivity contribution in [2.45, 2.75) is 37.3 Å². The van der Waals surface area contributed by atoms with Gasteiger partial charge in [-0.3, -0.25) is 14.6 Å². The Hall–Kier alpha value is -1.72. The summed E-state index contributed by atoms with van der Waals surface area (Å²) in [7, 11) is 1.97. The molecule has 2 aliphatic heterocycles. The van der Waals surface area contributed by atoms with Gasteiger partial charge in [0, 0.05) is 56.8 Å². The highest BCUT2D eigenvalue weighted by Crippen LogP contribution is 2.42. The standard InChI is InChI=1S/C18H24N4O/c1-21-12-15(10-20-21)13-22-7-4-18(5-8-22)9-17(14-23-18)16-3-2-6-19-11-16/h2-3,6,10-12,17H,4-5,7-9,13-14H2,1H3/t17-/m0/s1.